The van der Waals surface area contributed by atoms with Crippen LogP contribution in [0.1, 0.15) is 29.7 Å². The van der Waals surface area contributed by atoms with Crippen LogP contribution in [0.25, 0.3) is 0 Å². The molecule has 0 unspecified atom stereocenters. The molecule has 0 fully saturated rings. The molecule has 106 valence electrons. The van der Waals surface area contributed by atoms with Crippen LogP contribution in [0, 0.1) is 5.82 Å². The van der Waals surface area contributed by atoms with Crippen LogP contribution in [0.15, 0.2) is 48.5 Å². The zero-order valence-corrected chi connectivity index (χ0v) is 11.9. The van der Waals surface area contributed by atoms with Gasteiger partial charge in [-0.3, -0.25) is 0 Å². The van der Waals surface area contributed by atoms with Gasteiger partial charge in [0.05, 0.1) is 6.61 Å². The molecule has 2 aromatic carbocycles. The van der Waals surface area contributed by atoms with Gasteiger partial charge in [0, 0.05) is 19.7 Å². The zero-order valence-electron chi connectivity index (χ0n) is 11.9. The van der Waals surface area contributed by atoms with E-state index in [1.165, 1.54) is 11.6 Å². The van der Waals surface area contributed by atoms with Gasteiger partial charge in [-0.2, -0.15) is 0 Å². The zero-order chi connectivity index (χ0) is 14.4. The van der Waals surface area contributed by atoms with Crippen molar-refractivity contribution in [1.82, 2.24) is 5.32 Å². The molecule has 3 heteroatoms. The van der Waals surface area contributed by atoms with E-state index in [1.54, 1.807) is 19.2 Å². The Hall–Kier alpha value is -1.71. The summed E-state index contributed by atoms with van der Waals surface area (Å²) in [4.78, 5) is 0. The van der Waals surface area contributed by atoms with E-state index in [0.29, 0.717) is 6.61 Å². The standard InChI is InChI=1S/C17H20FNO/c1-13(16-7-4-8-17(18)10-16)19-11-14-5-3-6-15(9-14)12-20-2/h3-10,13,19H,11-12H2,1-2H3/t13-/m1/s1. The number of benzene rings is 2. The minimum Gasteiger partial charge on any atom is -0.380 e. The molecule has 0 aromatic heterocycles. The summed E-state index contributed by atoms with van der Waals surface area (Å²) in [5.74, 6) is -0.196. The fourth-order valence-corrected chi connectivity index (χ4v) is 2.16. The minimum atomic E-state index is -0.196. The Balaban J connectivity index is 1.96. The van der Waals surface area contributed by atoms with Gasteiger partial charge in [-0.05, 0) is 35.7 Å². The molecular weight excluding hydrogens is 253 g/mol. The first-order valence-corrected chi connectivity index (χ1v) is 6.74. The number of rotatable bonds is 6. The van der Waals surface area contributed by atoms with Crippen molar-refractivity contribution in [2.24, 2.45) is 0 Å². The molecule has 2 rings (SSSR count). The van der Waals surface area contributed by atoms with Gasteiger partial charge < -0.3 is 10.1 Å². The van der Waals surface area contributed by atoms with E-state index < -0.39 is 0 Å². The van der Waals surface area contributed by atoms with Crippen molar-refractivity contribution in [2.45, 2.75) is 26.1 Å². The van der Waals surface area contributed by atoms with Gasteiger partial charge in [-0.15, -0.1) is 0 Å². The molecule has 1 atom stereocenters. The first kappa shape index (κ1) is 14.7. The van der Waals surface area contributed by atoms with Crippen LogP contribution in [0.2, 0.25) is 0 Å². The van der Waals surface area contributed by atoms with E-state index in [0.717, 1.165) is 17.7 Å². The molecule has 2 aromatic rings. The van der Waals surface area contributed by atoms with Crippen molar-refractivity contribution < 1.29 is 9.13 Å². The van der Waals surface area contributed by atoms with Gasteiger partial charge in [-0.1, -0.05) is 36.4 Å². The number of hydrogen-bond donors (Lipinski definition) is 1. The van der Waals surface area contributed by atoms with Crippen LogP contribution in [0.4, 0.5) is 4.39 Å². The van der Waals surface area contributed by atoms with E-state index in [9.17, 15) is 4.39 Å². The third kappa shape index (κ3) is 4.15. The Morgan fingerprint density at radius 3 is 2.60 bits per heavy atom. The molecule has 0 amide bonds. The van der Waals surface area contributed by atoms with Gasteiger partial charge in [0.1, 0.15) is 5.82 Å². The SMILES string of the molecule is COCc1cccc(CN[C@H](C)c2cccc(F)c2)c1. The lowest BCUT2D eigenvalue weighted by molar-refractivity contribution is 0.185. The summed E-state index contributed by atoms with van der Waals surface area (Å²) >= 11 is 0. The van der Waals surface area contributed by atoms with Crippen molar-refractivity contribution in [2.75, 3.05) is 7.11 Å². The highest BCUT2D eigenvalue weighted by molar-refractivity contribution is 5.24. The smallest absolute Gasteiger partial charge is 0.123 e. The second kappa shape index (κ2) is 7.17. The highest BCUT2D eigenvalue weighted by Gasteiger charge is 2.06. The summed E-state index contributed by atoms with van der Waals surface area (Å²) in [7, 11) is 1.69. The topological polar surface area (TPSA) is 21.3 Å². The maximum Gasteiger partial charge on any atom is 0.123 e. The van der Waals surface area contributed by atoms with Crippen molar-refractivity contribution in [3.05, 3.63) is 71.0 Å². The van der Waals surface area contributed by atoms with Gasteiger partial charge in [0.25, 0.3) is 0 Å². The number of ether oxygens (including phenoxy) is 1. The van der Waals surface area contributed by atoms with Crippen molar-refractivity contribution in [1.29, 1.82) is 0 Å². The summed E-state index contributed by atoms with van der Waals surface area (Å²) in [6.07, 6.45) is 0. The molecule has 0 saturated carbocycles. The van der Waals surface area contributed by atoms with E-state index in [1.807, 2.05) is 25.1 Å². The maximum absolute atomic E-state index is 13.2. The van der Waals surface area contributed by atoms with Crippen LogP contribution in [0.3, 0.4) is 0 Å². The Bertz CT molecular complexity index is 556. The first-order valence-electron chi connectivity index (χ1n) is 6.74. The third-order valence-electron chi connectivity index (χ3n) is 3.26. The fraction of sp³-hybridized carbons (Fsp3) is 0.294. The summed E-state index contributed by atoms with van der Waals surface area (Å²) in [5, 5.41) is 3.40. The van der Waals surface area contributed by atoms with Crippen molar-refractivity contribution >= 4 is 0 Å². The lowest BCUT2D eigenvalue weighted by Gasteiger charge is -2.15. The Labute approximate surface area is 119 Å². The molecule has 0 heterocycles. The molecule has 0 aliphatic heterocycles. The first-order chi connectivity index (χ1) is 9.69. The molecule has 0 aliphatic carbocycles. The van der Waals surface area contributed by atoms with Crippen molar-refractivity contribution in [3.63, 3.8) is 0 Å². The van der Waals surface area contributed by atoms with Crippen molar-refractivity contribution in [3.8, 4) is 0 Å². The summed E-state index contributed by atoms with van der Waals surface area (Å²) < 4.78 is 18.3. The predicted molar refractivity (Wildman–Crippen MR) is 78.8 cm³/mol. The van der Waals surface area contributed by atoms with Gasteiger partial charge >= 0.3 is 0 Å². The summed E-state index contributed by atoms with van der Waals surface area (Å²) in [6.45, 7) is 3.40. The van der Waals surface area contributed by atoms with Crippen LogP contribution in [-0.4, -0.2) is 7.11 Å². The molecule has 0 spiro atoms. The fourth-order valence-electron chi connectivity index (χ4n) is 2.16. The second-order valence-corrected chi connectivity index (χ2v) is 4.91. The van der Waals surface area contributed by atoms with E-state index >= 15 is 0 Å². The molecule has 20 heavy (non-hydrogen) atoms. The number of methoxy groups -OCH3 is 1. The van der Waals surface area contributed by atoms with Gasteiger partial charge in [0.2, 0.25) is 0 Å². The molecule has 0 radical (unpaired) electrons. The molecule has 1 N–H and O–H groups in total. The van der Waals surface area contributed by atoms with Crippen LogP contribution < -0.4 is 5.32 Å². The molecular formula is C17H20FNO. The van der Waals surface area contributed by atoms with Crippen LogP contribution in [0.5, 0.6) is 0 Å². The van der Waals surface area contributed by atoms with E-state index in [2.05, 4.69) is 17.4 Å². The monoisotopic (exact) mass is 273 g/mol. The van der Waals surface area contributed by atoms with Gasteiger partial charge in [-0.25, -0.2) is 4.39 Å². The molecule has 0 aliphatic rings. The lowest BCUT2D eigenvalue weighted by Crippen LogP contribution is -2.18. The van der Waals surface area contributed by atoms with Crippen LogP contribution in [-0.2, 0) is 17.9 Å². The Morgan fingerprint density at radius 1 is 1.10 bits per heavy atom. The Morgan fingerprint density at radius 2 is 1.85 bits per heavy atom. The average Bonchev–Trinajstić information content (AvgIpc) is 2.45. The van der Waals surface area contributed by atoms with E-state index in [-0.39, 0.29) is 11.9 Å². The second-order valence-electron chi connectivity index (χ2n) is 4.91. The summed E-state index contributed by atoms with van der Waals surface area (Å²) in [6, 6.07) is 15.1. The number of halogens is 1. The predicted octanol–water partition coefficient (Wildman–Crippen LogP) is 3.82. The quantitative estimate of drug-likeness (QED) is 0.864. The van der Waals surface area contributed by atoms with E-state index in [4.69, 9.17) is 4.74 Å². The molecule has 0 bridgehead atoms. The average molecular weight is 273 g/mol. The maximum atomic E-state index is 13.2. The third-order valence-corrected chi connectivity index (χ3v) is 3.26. The largest absolute Gasteiger partial charge is 0.380 e. The minimum absolute atomic E-state index is 0.108. The number of hydrogen-bond acceptors (Lipinski definition) is 2. The Kier molecular flexibility index (Phi) is 5.27. The highest BCUT2D eigenvalue weighted by atomic mass is 19.1. The lowest BCUT2D eigenvalue weighted by atomic mass is 10.1. The normalized spacial score (nSPS) is 12.3. The molecule has 0 saturated heterocycles. The summed E-state index contributed by atoms with van der Waals surface area (Å²) in [5.41, 5.74) is 3.31. The van der Waals surface area contributed by atoms with Crippen LogP contribution >= 0.6 is 0 Å². The van der Waals surface area contributed by atoms with Gasteiger partial charge in [0.15, 0.2) is 0 Å². The molecule has 2 nitrogen and oxygen atoms in total. The highest BCUT2D eigenvalue weighted by Crippen LogP contribution is 2.14. The number of nitrogens with one attached hydrogen (secondary N) is 1.